The Morgan fingerprint density at radius 3 is 3.07 bits per heavy atom. The summed E-state index contributed by atoms with van der Waals surface area (Å²) in [6.45, 7) is 2.87. The van der Waals surface area contributed by atoms with E-state index in [-0.39, 0.29) is 0 Å². The first-order chi connectivity index (χ1) is 6.75. The molecule has 2 N–H and O–H groups in total. The van der Waals surface area contributed by atoms with Gasteiger partial charge >= 0.3 is 0 Å². The number of thiophene rings is 1. The molecule has 0 atom stereocenters. The van der Waals surface area contributed by atoms with Crippen LogP contribution in [0.1, 0.15) is 9.75 Å². The lowest BCUT2D eigenvalue weighted by Gasteiger charge is -2.02. The molecule has 74 valence electrons. The fourth-order valence-electron chi connectivity index (χ4n) is 1.10. The summed E-state index contributed by atoms with van der Waals surface area (Å²) in [7, 11) is 0. The summed E-state index contributed by atoms with van der Waals surface area (Å²) in [5.74, 6) is 0. The maximum Gasteiger partial charge on any atom is 0.214 e. The van der Waals surface area contributed by atoms with Crippen LogP contribution < -0.4 is 5.43 Å². The molecule has 2 rings (SSSR count). The molecule has 14 heavy (non-hydrogen) atoms. The minimum atomic E-state index is 0.582. The third-order valence-corrected chi connectivity index (χ3v) is 3.06. The highest BCUT2D eigenvalue weighted by Gasteiger charge is 1.97. The number of hydrogen-bond donors (Lipinski definition) is 2. The van der Waals surface area contributed by atoms with Crippen LogP contribution in [0, 0.1) is 11.7 Å². The molecule has 0 radical (unpaired) electrons. The first kappa shape index (κ1) is 9.42. The van der Waals surface area contributed by atoms with Gasteiger partial charge in [0.05, 0.1) is 6.54 Å². The van der Waals surface area contributed by atoms with Crippen molar-refractivity contribution >= 4 is 23.6 Å². The summed E-state index contributed by atoms with van der Waals surface area (Å²) >= 11 is 6.77. The van der Waals surface area contributed by atoms with Gasteiger partial charge in [0, 0.05) is 9.75 Å². The zero-order chi connectivity index (χ0) is 9.97. The third-order valence-electron chi connectivity index (χ3n) is 1.77. The van der Waals surface area contributed by atoms with Crippen molar-refractivity contribution in [3.8, 4) is 0 Å². The van der Waals surface area contributed by atoms with Gasteiger partial charge in [0.1, 0.15) is 6.33 Å². The summed E-state index contributed by atoms with van der Waals surface area (Å²) < 4.78 is 2.28. The zero-order valence-corrected chi connectivity index (χ0v) is 9.28. The monoisotopic (exact) mass is 226 g/mol. The number of aryl methyl sites for hydroxylation is 1. The predicted octanol–water partition coefficient (Wildman–Crippen LogP) is 2.05. The highest BCUT2D eigenvalue weighted by molar-refractivity contribution is 7.71. The highest BCUT2D eigenvalue weighted by Crippen LogP contribution is 2.14. The standard InChI is InChI=1S/C8H10N4S2/c1-6-2-3-7(14-6)4-10-12-5-9-11-8(12)13/h2-3,5,10H,4H2,1H3,(H,11,13). The van der Waals surface area contributed by atoms with Gasteiger partial charge < -0.3 is 5.43 Å². The molecule has 6 heteroatoms. The second-order valence-electron chi connectivity index (χ2n) is 2.88. The number of aromatic nitrogens is 3. The minimum absolute atomic E-state index is 0.582. The number of nitrogens with one attached hydrogen (secondary N) is 2. The molecule has 0 aromatic carbocycles. The van der Waals surface area contributed by atoms with Crippen LogP contribution in [0.2, 0.25) is 0 Å². The molecule has 0 spiro atoms. The van der Waals surface area contributed by atoms with Crippen LogP contribution in [0.4, 0.5) is 0 Å². The molecular weight excluding hydrogens is 216 g/mol. The molecule has 2 heterocycles. The molecule has 0 aliphatic rings. The van der Waals surface area contributed by atoms with Crippen LogP contribution in [0.25, 0.3) is 0 Å². The Kier molecular flexibility index (Phi) is 2.64. The van der Waals surface area contributed by atoms with Crippen molar-refractivity contribution in [2.45, 2.75) is 13.5 Å². The van der Waals surface area contributed by atoms with Gasteiger partial charge in [0.25, 0.3) is 0 Å². The summed E-state index contributed by atoms with van der Waals surface area (Å²) in [6, 6.07) is 4.22. The van der Waals surface area contributed by atoms with Crippen LogP contribution in [-0.2, 0) is 6.54 Å². The lowest BCUT2D eigenvalue weighted by Crippen LogP contribution is -2.12. The molecular formula is C8H10N4S2. The smallest absolute Gasteiger partial charge is 0.214 e. The Bertz CT molecular complexity index is 467. The van der Waals surface area contributed by atoms with Crippen LogP contribution >= 0.6 is 23.6 Å². The summed E-state index contributed by atoms with van der Waals surface area (Å²) in [6.07, 6.45) is 1.63. The van der Waals surface area contributed by atoms with Gasteiger partial charge in [0.15, 0.2) is 0 Å². The third kappa shape index (κ3) is 2.02. The van der Waals surface area contributed by atoms with E-state index >= 15 is 0 Å². The van der Waals surface area contributed by atoms with E-state index in [0.29, 0.717) is 4.77 Å². The summed E-state index contributed by atoms with van der Waals surface area (Å²) in [5, 5.41) is 6.49. The molecule has 0 saturated carbocycles. The lowest BCUT2D eigenvalue weighted by molar-refractivity contribution is 0.831. The number of H-pyrrole nitrogens is 1. The van der Waals surface area contributed by atoms with Crippen molar-refractivity contribution in [2.24, 2.45) is 0 Å². The van der Waals surface area contributed by atoms with E-state index in [0.717, 1.165) is 6.54 Å². The van der Waals surface area contributed by atoms with E-state index in [1.807, 2.05) is 0 Å². The number of aromatic amines is 1. The topological polar surface area (TPSA) is 45.6 Å². The van der Waals surface area contributed by atoms with Crippen molar-refractivity contribution in [3.05, 3.63) is 33.0 Å². The van der Waals surface area contributed by atoms with Gasteiger partial charge in [-0.3, -0.25) is 5.10 Å². The van der Waals surface area contributed by atoms with Crippen LogP contribution in [0.3, 0.4) is 0 Å². The highest BCUT2D eigenvalue weighted by atomic mass is 32.1. The Morgan fingerprint density at radius 1 is 1.64 bits per heavy atom. The quantitative estimate of drug-likeness (QED) is 0.787. The molecule has 2 aromatic heterocycles. The van der Waals surface area contributed by atoms with Crippen molar-refractivity contribution in [1.82, 2.24) is 14.9 Å². The molecule has 0 fully saturated rings. The molecule has 0 saturated heterocycles. The second-order valence-corrected chi connectivity index (χ2v) is 4.64. The van der Waals surface area contributed by atoms with Crippen molar-refractivity contribution in [2.75, 3.05) is 5.43 Å². The van der Waals surface area contributed by atoms with Gasteiger partial charge in [-0.05, 0) is 31.3 Å². The van der Waals surface area contributed by atoms with E-state index in [1.165, 1.54) is 9.75 Å². The summed E-state index contributed by atoms with van der Waals surface area (Å²) in [5.41, 5.74) is 3.15. The normalized spacial score (nSPS) is 10.4. The SMILES string of the molecule is Cc1ccc(CNn2cn[nH]c2=S)s1. The predicted molar refractivity (Wildman–Crippen MR) is 59.5 cm³/mol. The molecule has 4 nitrogen and oxygen atoms in total. The fourth-order valence-corrected chi connectivity index (χ4v) is 2.09. The molecule has 0 amide bonds. The first-order valence-corrected chi connectivity index (χ1v) is 5.39. The Labute approximate surface area is 90.6 Å². The fraction of sp³-hybridized carbons (Fsp3) is 0.250. The first-order valence-electron chi connectivity index (χ1n) is 4.17. The van der Waals surface area contributed by atoms with E-state index in [1.54, 1.807) is 22.3 Å². The molecule has 0 aliphatic heterocycles. The number of hydrogen-bond acceptors (Lipinski definition) is 4. The van der Waals surface area contributed by atoms with Crippen LogP contribution in [-0.4, -0.2) is 14.9 Å². The summed E-state index contributed by atoms with van der Waals surface area (Å²) in [4.78, 5) is 2.60. The van der Waals surface area contributed by atoms with Gasteiger partial charge in [-0.15, -0.1) is 11.3 Å². The van der Waals surface area contributed by atoms with Crippen LogP contribution in [0.5, 0.6) is 0 Å². The maximum atomic E-state index is 4.99. The van der Waals surface area contributed by atoms with Gasteiger partial charge in [-0.1, -0.05) is 0 Å². The molecule has 2 aromatic rings. The van der Waals surface area contributed by atoms with Gasteiger partial charge in [-0.2, -0.15) is 5.10 Å². The Morgan fingerprint density at radius 2 is 2.50 bits per heavy atom. The van der Waals surface area contributed by atoms with Crippen molar-refractivity contribution in [1.29, 1.82) is 0 Å². The molecule has 0 aliphatic carbocycles. The van der Waals surface area contributed by atoms with E-state index in [4.69, 9.17) is 12.2 Å². The van der Waals surface area contributed by atoms with Gasteiger partial charge in [0.2, 0.25) is 4.77 Å². The zero-order valence-electron chi connectivity index (χ0n) is 7.65. The van der Waals surface area contributed by atoms with E-state index in [9.17, 15) is 0 Å². The lowest BCUT2D eigenvalue weighted by atomic mass is 10.4. The van der Waals surface area contributed by atoms with Gasteiger partial charge in [-0.25, -0.2) is 4.68 Å². The second kappa shape index (κ2) is 3.93. The number of rotatable bonds is 3. The minimum Gasteiger partial charge on any atom is -0.317 e. The van der Waals surface area contributed by atoms with Crippen molar-refractivity contribution in [3.63, 3.8) is 0 Å². The van der Waals surface area contributed by atoms with E-state index < -0.39 is 0 Å². The maximum absolute atomic E-state index is 4.99. The Hall–Kier alpha value is -1.14. The molecule has 0 bridgehead atoms. The van der Waals surface area contributed by atoms with Crippen LogP contribution in [0.15, 0.2) is 18.5 Å². The number of nitrogens with zero attached hydrogens (tertiary/aromatic N) is 2. The van der Waals surface area contributed by atoms with Crippen molar-refractivity contribution < 1.29 is 0 Å². The van der Waals surface area contributed by atoms with E-state index in [2.05, 4.69) is 34.7 Å². The molecule has 0 unspecified atom stereocenters. The average Bonchev–Trinajstić information content (AvgIpc) is 2.72. The largest absolute Gasteiger partial charge is 0.317 e. The Balaban J connectivity index is 2.01. The average molecular weight is 226 g/mol.